The summed E-state index contributed by atoms with van der Waals surface area (Å²) < 4.78 is 4.60. The molecule has 0 aromatic carbocycles. The van der Waals surface area contributed by atoms with Gasteiger partial charge in [0.25, 0.3) is 0 Å². The fourth-order valence-corrected chi connectivity index (χ4v) is 3.04. The zero-order valence-electron chi connectivity index (χ0n) is 6.49. The first-order chi connectivity index (χ1) is 6.14. The van der Waals surface area contributed by atoms with Crippen LogP contribution in [0, 0.1) is 5.92 Å². The lowest BCUT2D eigenvalue weighted by molar-refractivity contribution is -0.128. The Morgan fingerprint density at radius 1 is 1.46 bits per heavy atom. The number of alkyl halides is 1. The Bertz CT molecular complexity index is 353. The summed E-state index contributed by atoms with van der Waals surface area (Å²) in [5, 5.41) is 2.32. The quantitative estimate of drug-likeness (QED) is 0.362. The van der Waals surface area contributed by atoms with E-state index in [0.29, 0.717) is 0 Å². The average molecular weight is 244 g/mol. The number of carbonyl (C=O) groups excluding carboxylic acids is 2. The smallest absolute Gasteiger partial charge is 0.247 e. The van der Waals surface area contributed by atoms with Crippen molar-refractivity contribution in [2.24, 2.45) is 5.92 Å². The van der Waals surface area contributed by atoms with Gasteiger partial charge < -0.3 is 4.74 Å². The van der Waals surface area contributed by atoms with Crippen molar-refractivity contribution in [1.29, 1.82) is 0 Å². The van der Waals surface area contributed by atoms with Crippen LogP contribution in [0.2, 0.25) is 0 Å². The molecule has 1 N–H and O–H groups in total. The first-order valence-corrected chi connectivity index (χ1v) is 4.81. The highest BCUT2D eigenvalue weighted by molar-refractivity contribution is 9.10. The first kappa shape index (κ1) is 7.70. The van der Waals surface area contributed by atoms with Crippen LogP contribution in [0.3, 0.4) is 0 Å². The average Bonchev–Trinajstić information content (AvgIpc) is 2.66. The fraction of sp³-hybridized carbons (Fsp3) is 0.500. The van der Waals surface area contributed by atoms with Gasteiger partial charge in [0.15, 0.2) is 0 Å². The van der Waals surface area contributed by atoms with Gasteiger partial charge in [0, 0.05) is 0 Å². The van der Waals surface area contributed by atoms with Crippen molar-refractivity contribution in [2.75, 3.05) is 0 Å². The number of rotatable bonds is 0. The molecule has 3 heterocycles. The molecule has 4 atom stereocenters. The Balaban J connectivity index is 2.17. The minimum absolute atomic E-state index is 0.237. The molecule has 0 unspecified atom stereocenters. The largest absolute Gasteiger partial charge is 0.364 e. The molecule has 2 fully saturated rings. The SMILES string of the molecule is O=C1NC(=O)[C@@]2(Br)[C@@H]3C=C[C@@H](O3)[C@@H]12. The minimum Gasteiger partial charge on any atom is -0.364 e. The van der Waals surface area contributed by atoms with Crippen LogP contribution in [0.5, 0.6) is 0 Å². The molecule has 3 aliphatic rings. The number of ether oxygens (including phenoxy) is 1. The molecule has 4 nitrogen and oxygen atoms in total. The number of hydrogen-bond acceptors (Lipinski definition) is 3. The van der Waals surface area contributed by atoms with E-state index in [4.69, 9.17) is 4.74 Å². The fourth-order valence-electron chi connectivity index (χ4n) is 2.21. The van der Waals surface area contributed by atoms with Crippen LogP contribution in [-0.4, -0.2) is 28.3 Å². The predicted molar refractivity (Wildman–Crippen MR) is 46.1 cm³/mol. The molecule has 2 amide bonds. The van der Waals surface area contributed by atoms with Crippen LogP contribution in [0.4, 0.5) is 0 Å². The van der Waals surface area contributed by atoms with E-state index in [9.17, 15) is 9.59 Å². The molecule has 2 bridgehead atoms. The Hall–Kier alpha value is -0.680. The van der Waals surface area contributed by atoms with Crippen LogP contribution in [0.25, 0.3) is 0 Å². The van der Waals surface area contributed by atoms with E-state index in [2.05, 4.69) is 21.2 Å². The topological polar surface area (TPSA) is 55.4 Å². The molecule has 0 radical (unpaired) electrons. The van der Waals surface area contributed by atoms with Gasteiger partial charge in [0.2, 0.25) is 11.8 Å². The summed E-state index contributed by atoms with van der Waals surface area (Å²) in [6, 6.07) is 0. The van der Waals surface area contributed by atoms with Crippen LogP contribution in [-0.2, 0) is 14.3 Å². The molecule has 3 aliphatic heterocycles. The molecule has 13 heavy (non-hydrogen) atoms. The molecule has 0 aromatic rings. The van der Waals surface area contributed by atoms with Crippen LogP contribution in [0.1, 0.15) is 0 Å². The molecule has 0 aliphatic carbocycles. The number of imide groups is 1. The molecular weight excluding hydrogens is 238 g/mol. The van der Waals surface area contributed by atoms with E-state index in [1.807, 2.05) is 12.2 Å². The van der Waals surface area contributed by atoms with E-state index in [-0.39, 0.29) is 24.0 Å². The van der Waals surface area contributed by atoms with Gasteiger partial charge in [0.1, 0.15) is 10.4 Å². The number of halogens is 1. The minimum atomic E-state index is -0.844. The standard InChI is InChI=1S/C8H6BrNO3/c9-8-4-2-1-3(13-4)5(8)6(11)10-7(8)12/h1-5H,(H,10,11,12)/t3-,4+,5+,8-/m1/s1. The summed E-state index contributed by atoms with van der Waals surface area (Å²) in [4.78, 5) is 22.9. The summed E-state index contributed by atoms with van der Waals surface area (Å²) in [7, 11) is 0. The van der Waals surface area contributed by atoms with Crippen molar-refractivity contribution in [1.82, 2.24) is 5.32 Å². The second-order valence-corrected chi connectivity index (χ2v) is 4.78. The summed E-state index contributed by atoms with van der Waals surface area (Å²) >= 11 is 3.33. The normalized spacial score (nSPS) is 51.3. The highest BCUT2D eigenvalue weighted by atomic mass is 79.9. The third-order valence-corrected chi connectivity index (χ3v) is 4.15. The number of fused-ring (bicyclic) bond motifs is 5. The van der Waals surface area contributed by atoms with E-state index in [1.165, 1.54) is 0 Å². The summed E-state index contributed by atoms with van der Waals surface area (Å²) in [6.45, 7) is 0. The van der Waals surface area contributed by atoms with Gasteiger partial charge in [-0.1, -0.05) is 28.1 Å². The summed E-state index contributed by atoms with van der Waals surface area (Å²) in [5.74, 6) is -0.909. The van der Waals surface area contributed by atoms with Gasteiger partial charge in [-0.05, 0) is 0 Å². The van der Waals surface area contributed by atoms with Crippen LogP contribution >= 0.6 is 15.9 Å². The number of hydrogen-bond donors (Lipinski definition) is 1. The van der Waals surface area contributed by atoms with E-state index in [1.54, 1.807) is 0 Å². The zero-order chi connectivity index (χ0) is 9.22. The van der Waals surface area contributed by atoms with Crippen LogP contribution < -0.4 is 5.32 Å². The highest BCUT2D eigenvalue weighted by Gasteiger charge is 2.67. The molecular formula is C8H6BrNO3. The third kappa shape index (κ3) is 0.670. The van der Waals surface area contributed by atoms with E-state index in [0.717, 1.165) is 0 Å². The lowest BCUT2D eigenvalue weighted by Crippen LogP contribution is -2.43. The molecule has 2 saturated heterocycles. The number of amides is 2. The molecule has 0 saturated carbocycles. The Morgan fingerprint density at radius 3 is 2.92 bits per heavy atom. The molecule has 3 rings (SSSR count). The van der Waals surface area contributed by atoms with Gasteiger partial charge in [-0.15, -0.1) is 0 Å². The second-order valence-electron chi connectivity index (χ2n) is 3.47. The highest BCUT2D eigenvalue weighted by Crippen LogP contribution is 2.50. The lowest BCUT2D eigenvalue weighted by Gasteiger charge is -2.22. The second kappa shape index (κ2) is 2.04. The van der Waals surface area contributed by atoms with Crippen molar-refractivity contribution in [3.63, 3.8) is 0 Å². The van der Waals surface area contributed by atoms with Crippen LogP contribution in [0.15, 0.2) is 12.2 Å². The van der Waals surface area contributed by atoms with Gasteiger partial charge in [-0.3, -0.25) is 14.9 Å². The Morgan fingerprint density at radius 2 is 2.23 bits per heavy atom. The maximum atomic E-state index is 11.5. The molecule has 5 heteroatoms. The molecule has 68 valence electrons. The molecule has 0 aromatic heterocycles. The van der Waals surface area contributed by atoms with Crippen molar-refractivity contribution >= 4 is 27.7 Å². The monoisotopic (exact) mass is 243 g/mol. The van der Waals surface area contributed by atoms with Crippen molar-refractivity contribution in [3.8, 4) is 0 Å². The van der Waals surface area contributed by atoms with Crippen molar-refractivity contribution < 1.29 is 14.3 Å². The Labute approximate surface area is 82.4 Å². The maximum Gasteiger partial charge on any atom is 0.247 e. The number of nitrogens with one attached hydrogen (secondary N) is 1. The zero-order valence-corrected chi connectivity index (χ0v) is 8.08. The van der Waals surface area contributed by atoms with Crippen molar-refractivity contribution in [2.45, 2.75) is 16.5 Å². The van der Waals surface area contributed by atoms with Crippen molar-refractivity contribution in [3.05, 3.63) is 12.2 Å². The first-order valence-electron chi connectivity index (χ1n) is 4.02. The lowest BCUT2D eigenvalue weighted by atomic mass is 9.85. The van der Waals surface area contributed by atoms with E-state index < -0.39 is 10.2 Å². The van der Waals surface area contributed by atoms with Gasteiger partial charge in [-0.25, -0.2) is 0 Å². The third-order valence-electron chi connectivity index (χ3n) is 2.84. The Kier molecular flexibility index (Phi) is 1.21. The summed E-state index contributed by atoms with van der Waals surface area (Å²) in [6.07, 6.45) is 3.13. The van der Waals surface area contributed by atoms with E-state index >= 15 is 0 Å². The summed E-state index contributed by atoms with van der Waals surface area (Å²) in [5.41, 5.74) is 0. The molecule has 0 spiro atoms. The predicted octanol–water partition coefficient (Wildman–Crippen LogP) is -0.270. The van der Waals surface area contributed by atoms with Gasteiger partial charge in [-0.2, -0.15) is 0 Å². The van der Waals surface area contributed by atoms with Gasteiger partial charge in [0.05, 0.1) is 12.0 Å². The van der Waals surface area contributed by atoms with Gasteiger partial charge >= 0.3 is 0 Å². The number of carbonyl (C=O) groups is 2. The maximum absolute atomic E-state index is 11.5.